The number of fused-ring (bicyclic) bond motifs is 3. The Hall–Kier alpha value is -3.39. The molecule has 1 heterocycles. The van der Waals surface area contributed by atoms with E-state index in [0.29, 0.717) is 0 Å². The Morgan fingerprint density at radius 1 is 1.06 bits per heavy atom. The van der Waals surface area contributed by atoms with Gasteiger partial charge in [-0.1, -0.05) is 48.5 Å². The summed E-state index contributed by atoms with van der Waals surface area (Å²) in [6.07, 6.45) is 1.09. The number of carboxylic acids is 1. The second kappa shape index (κ2) is 8.51. The average molecular weight is 450 g/mol. The van der Waals surface area contributed by atoms with Crippen LogP contribution in [0.25, 0.3) is 11.1 Å². The Kier molecular flexibility index (Phi) is 5.54. The normalized spacial score (nSPS) is 22.2. The third-order valence-corrected chi connectivity index (χ3v) is 6.79. The van der Waals surface area contributed by atoms with Crippen molar-refractivity contribution in [2.24, 2.45) is 5.92 Å². The molecule has 172 valence electrons. The Labute approximate surface area is 191 Å². The van der Waals surface area contributed by atoms with Crippen LogP contribution in [0, 0.1) is 5.92 Å². The molecule has 0 radical (unpaired) electrons. The fourth-order valence-electron chi connectivity index (χ4n) is 4.79. The van der Waals surface area contributed by atoms with E-state index in [-0.39, 0.29) is 38.1 Å². The van der Waals surface area contributed by atoms with Crippen molar-refractivity contribution in [3.05, 3.63) is 59.7 Å². The monoisotopic (exact) mass is 450 g/mol. The highest BCUT2D eigenvalue weighted by Gasteiger charge is 2.47. The molecule has 8 nitrogen and oxygen atoms in total. The fourth-order valence-corrected chi connectivity index (χ4v) is 4.79. The first kappa shape index (κ1) is 21.5. The Balaban J connectivity index is 1.25. The van der Waals surface area contributed by atoms with Crippen molar-refractivity contribution in [3.8, 4) is 11.1 Å². The molecule has 3 N–H and O–H groups in total. The van der Waals surface area contributed by atoms with Crippen molar-refractivity contribution in [1.29, 1.82) is 0 Å². The lowest BCUT2D eigenvalue weighted by molar-refractivity contribution is -0.148. The molecule has 0 spiro atoms. The molecule has 1 saturated carbocycles. The van der Waals surface area contributed by atoms with E-state index in [1.807, 2.05) is 36.4 Å². The summed E-state index contributed by atoms with van der Waals surface area (Å²) in [5.41, 5.74) is 3.03. The lowest BCUT2D eigenvalue weighted by Crippen LogP contribution is -2.60. The highest BCUT2D eigenvalue weighted by atomic mass is 16.5. The maximum absolute atomic E-state index is 12.9. The molecule has 0 bridgehead atoms. The number of benzene rings is 2. The second-order valence-electron chi connectivity index (χ2n) is 8.96. The van der Waals surface area contributed by atoms with E-state index in [4.69, 9.17) is 9.47 Å². The predicted molar refractivity (Wildman–Crippen MR) is 119 cm³/mol. The van der Waals surface area contributed by atoms with Gasteiger partial charge in [0.05, 0.1) is 6.61 Å². The molecule has 2 aromatic rings. The maximum atomic E-state index is 12.9. The van der Waals surface area contributed by atoms with Crippen LogP contribution in [0.4, 0.5) is 4.79 Å². The fraction of sp³-hybridized carbons (Fsp3) is 0.400. The van der Waals surface area contributed by atoms with Crippen LogP contribution in [0.2, 0.25) is 0 Å². The maximum Gasteiger partial charge on any atom is 0.407 e. The molecule has 2 aromatic carbocycles. The molecule has 33 heavy (non-hydrogen) atoms. The Morgan fingerprint density at radius 3 is 2.24 bits per heavy atom. The molecular formula is C25H26N2O6. The topological polar surface area (TPSA) is 114 Å². The van der Waals surface area contributed by atoms with E-state index < -0.39 is 29.6 Å². The largest absolute Gasteiger partial charge is 0.479 e. The number of nitrogens with one attached hydrogen (secondary N) is 2. The van der Waals surface area contributed by atoms with Gasteiger partial charge in [-0.05, 0) is 41.0 Å². The minimum Gasteiger partial charge on any atom is -0.479 e. The van der Waals surface area contributed by atoms with Crippen molar-refractivity contribution < 1.29 is 29.0 Å². The first-order valence-corrected chi connectivity index (χ1v) is 11.2. The Morgan fingerprint density at radius 2 is 1.70 bits per heavy atom. The molecule has 1 aliphatic heterocycles. The SMILES string of the molecule is O=C(NC(C(=O)NC1(C(=O)O)CCOC1)C1CC1)OCC1c2ccccc2-c2ccccc21. The van der Waals surface area contributed by atoms with Crippen molar-refractivity contribution >= 4 is 18.0 Å². The van der Waals surface area contributed by atoms with Gasteiger partial charge >= 0.3 is 12.1 Å². The van der Waals surface area contributed by atoms with Crippen LogP contribution in [0.15, 0.2) is 48.5 Å². The van der Waals surface area contributed by atoms with Gasteiger partial charge in [-0.15, -0.1) is 0 Å². The number of ether oxygens (including phenoxy) is 2. The number of amides is 2. The van der Waals surface area contributed by atoms with Crippen molar-refractivity contribution in [2.45, 2.75) is 36.8 Å². The molecule has 1 saturated heterocycles. The molecule has 8 heteroatoms. The van der Waals surface area contributed by atoms with E-state index in [9.17, 15) is 19.5 Å². The lowest BCUT2D eigenvalue weighted by atomic mass is 9.98. The van der Waals surface area contributed by atoms with Crippen molar-refractivity contribution in [3.63, 3.8) is 0 Å². The lowest BCUT2D eigenvalue weighted by Gasteiger charge is -2.27. The van der Waals surface area contributed by atoms with Gasteiger partial charge in [0.15, 0.2) is 5.54 Å². The summed E-state index contributed by atoms with van der Waals surface area (Å²) >= 11 is 0. The van der Waals surface area contributed by atoms with Gasteiger partial charge in [-0.2, -0.15) is 0 Å². The molecule has 0 aromatic heterocycles. The number of hydrogen-bond acceptors (Lipinski definition) is 5. The number of carbonyl (C=O) groups excluding carboxylic acids is 2. The van der Waals surface area contributed by atoms with Gasteiger partial charge in [0.1, 0.15) is 12.6 Å². The van der Waals surface area contributed by atoms with E-state index >= 15 is 0 Å². The van der Waals surface area contributed by atoms with Crippen LogP contribution in [-0.4, -0.2) is 54.5 Å². The molecule has 2 atom stereocenters. The standard InChI is InChI=1S/C25H26N2O6/c28-22(27-25(23(29)30)11-12-32-14-25)21(15-9-10-15)26-24(31)33-13-20-18-7-3-1-5-16(18)17-6-2-4-8-19(17)20/h1-8,15,20-21H,9-14H2,(H,26,31)(H,27,28)(H,29,30). The third kappa shape index (κ3) is 4.06. The second-order valence-corrected chi connectivity index (χ2v) is 8.96. The predicted octanol–water partition coefficient (Wildman–Crippen LogP) is 2.66. The number of alkyl carbamates (subject to hydrolysis) is 1. The van der Waals surface area contributed by atoms with Crippen LogP contribution in [0.5, 0.6) is 0 Å². The summed E-state index contributed by atoms with van der Waals surface area (Å²) in [5.74, 6) is -1.76. The quantitative estimate of drug-likeness (QED) is 0.598. The van der Waals surface area contributed by atoms with Crippen LogP contribution in [0.3, 0.4) is 0 Å². The summed E-state index contributed by atoms with van der Waals surface area (Å²) in [6.45, 7) is 0.322. The summed E-state index contributed by atoms with van der Waals surface area (Å²) in [6, 6.07) is 15.3. The van der Waals surface area contributed by atoms with Crippen LogP contribution in [-0.2, 0) is 19.1 Å². The molecular weight excluding hydrogens is 424 g/mol. The minimum absolute atomic E-state index is 0.0290. The zero-order valence-corrected chi connectivity index (χ0v) is 18.1. The zero-order valence-electron chi connectivity index (χ0n) is 18.1. The first-order chi connectivity index (χ1) is 16.0. The van der Waals surface area contributed by atoms with E-state index in [0.717, 1.165) is 35.1 Å². The number of carboxylic acid groups (broad SMARTS) is 1. The van der Waals surface area contributed by atoms with Gasteiger partial charge in [-0.3, -0.25) is 4.79 Å². The number of aliphatic carboxylic acids is 1. The van der Waals surface area contributed by atoms with Gasteiger partial charge in [-0.25, -0.2) is 9.59 Å². The highest BCUT2D eigenvalue weighted by molar-refractivity contribution is 5.92. The minimum atomic E-state index is -1.45. The van der Waals surface area contributed by atoms with Gasteiger partial charge < -0.3 is 25.2 Å². The van der Waals surface area contributed by atoms with Crippen LogP contribution in [0.1, 0.15) is 36.3 Å². The molecule has 2 amide bonds. The van der Waals surface area contributed by atoms with Gasteiger partial charge in [0.25, 0.3) is 0 Å². The third-order valence-electron chi connectivity index (χ3n) is 6.79. The van der Waals surface area contributed by atoms with E-state index in [1.165, 1.54) is 0 Å². The molecule has 2 aliphatic carbocycles. The zero-order chi connectivity index (χ0) is 23.0. The molecule has 2 fully saturated rings. The Bertz CT molecular complexity index is 1040. The number of rotatable bonds is 7. The van der Waals surface area contributed by atoms with Crippen molar-refractivity contribution in [2.75, 3.05) is 19.8 Å². The van der Waals surface area contributed by atoms with Gasteiger partial charge in [0.2, 0.25) is 5.91 Å². The van der Waals surface area contributed by atoms with Crippen LogP contribution >= 0.6 is 0 Å². The molecule has 2 unspecified atom stereocenters. The average Bonchev–Trinajstić information content (AvgIpc) is 3.45. The van der Waals surface area contributed by atoms with E-state index in [1.54, 1.807) is 0 Å². The summed E-state index contributed by atoms with van der Waals surface area (Å²) in [5, 5.41) is 14.9. The smallest absolute Gasteiger partial charge is 0.407 e. The molecule has 3 aliphatic rings. The van der Waals surface area contributed by atoms with Crippen LogP contribution < -0.4 is 10.6 Å². The number of hydrogen-bond donors (Lipinski definition) is 3. The highest BCUT2D eigenvalue weighted by Crippen LogP contribution is 2.44. The summed E-state index contributed by atoms with van der Waals surface area (Å²) < 4.78 is 10.8. The van der Waals surface area contributed by atoms with Gasteiger partial charge in [0, 0.05) is 18.9 Å². The summed E-state index contributed by atoms with van der Waals surface area (Å²) in [4.78, 5) is 37.3. The number of carbonyl (C=O) groups is 3. The van der Waals surface area contributed by atoms with Crippen molar-refractivity contribution in [1.82, 2.24) is 10.6 Å². The molecule has 5 rings (SSSR count). The summed E-state index contributed by atoms with van der Waals surface area (Å²) in [7, 11) is 0. The van der Waals surface area contributed by atoms with E-state index in [2.05, 4.69) is 22.8 Å². The first-order valence-electron chi connectivity index (χ1n) is 11.2.